The zero-order valence-electron chi connectivity index (χ0n) is 13.2. The second kappa shape index (κ2) is 8.40. The van der Waals surface area contributed by atoms with Crippen LogP contribution in [0.15, 0.2) is 30.3 Å². The van der Waals surface area contributed by atoms with Crippen molar-refractivity contribution in [3.05, 3.63) is 35.9 Å². The Morgan fingerprint density at radius 1 is 1.33 bits per heavy atom. The number of hydrogen-bond acceptors (Lipinski definition) is 2. The number of amides is 1. The maximum absolute atomic E-state index is 12.5. The van der Waals surface area contributed by atoms with E-state index in [1.807, 2.05) is 11.0 Å². The van der Waals surface area contributed by atoms with Gasteiger partial charge in [-0.3, -0.25) is 4.79 Å². The van der Waals surface area contributed by atoms with Crippen LogP contribution in [0.5, 0.6) is 0 Å². The molecule has 1 fully saturated rings. The van der Waals surface area contributed by atoms with E-state index in [1.54, 1.807) is 0 Å². The van der Waals surface area contributed by atoms with Gasteiger partial charge in [0.1, 0.15) is 0 Å². The molecule has 1 aromatic carbocycles. The van der Waals surface area contributed by atoms with E-state index in [-0.39, 0.29) is 12.4 Å². The zero-order valence-corrected chi connectivity index (χ0v) is 14.0. The molecular formula is C17H27ClN2O. The quantitative estimate of drug-likeness (QED) is 0.927. The molecule has 1 heterocycles. The Morgan fingerprint density at radius 3 is 2.57 bits per heavy atom. The average Bonchev–Trinajstić information content (AvgIpc) is 2.45. The minimum atomic E-state index is 0. The van der Waals surface area contributed by atoms with Gasteiger partial charge in [0.05, 0.1) is 0 Å². The molecule has 0 aromatic heterocycles. The summed E-state index contributed by atoms with van der Waals surface area (Å²) in [6.45, 7) is 9.11. The van der Waals surface area contributed by atoms with Gasteiger partial charge in [0.25, 0.3) is 0 Å². The molecule has 4 heteroatoms. The molecule has 2 atom stereocenters. The van der Waals surface area contributed by atoms with Crippen molar-refractivity contribution < 1.29 is 4.79 Å². The smallest absolute Gasteiger partial charge is 0.223 e. The molecule has 2 rings (SSSR count). The van der Waals surface area contributed by atoms with Crippen molar-refractivity contribution in [3.8, 4) is 0 Å². The summed E-state index contributed by atoms with van der Waals surface area (Å²) in [5, 5.41) is 3.38. The molecule has 21 heavy (non-hydrogen) atoms. The molecule has 3 nitrogen and oxygen atoms in total. The van der Waals surface area contributed by atoms with Crippen LogP contribution >= 0.6 is 12.4 Å². The van der Waals surface area contributed by atoms with Crippen molar-refractivity contribution >= 4 is 18.3 Å². The van der Waals surface area contributed by atoms with Crippen molar-refractivity contribution in [2.75, 3.05) is 19.6 Å². The van der Waals surface area contributed by atoms with Gasteiger partial charge in [0.15, 0.2) is 0 Å². The molecule has 2 unspecified atom stereocenters. The van der Waals surface area contributed by atoms with Gasteiger partial charge in [-0.15, -0.1) is 12.4 Å². The summed E-state index contributed by atoms with van der Waals surface area (Å²) in [6, 6.07) is 10.8. The van der Waals surface area contributed by atoms with Gasteiger partial charge in [0, 0.05) is 32.1 Å². The van der Waals surface area contributed by atoms with Gasteiger partial charge in [0.2, 0.25) is 5.91 Å². The van der Waals surface area contributed by atoms with Crippen molar-refractivity contribution in [2.24, 2.45) is 5.92 Å². The van der Waals surface area contributed by atoms with Crippen molar-refractivity contribution in [3.63, 3.8) is 0 Å². The van der Waals surface area contributed by atoms with Crippen LogP contribution < -0.4 is 5.32 Å². The van der Waals surface area contributed by atoms with Gasteiger partial charge in [-0.05, 0) is 24.3 Å². The fourth-order valence-electron chi connectivity index (χ4n) is 2.91. The average molecular weight is 311 g/mol. The standard InChI is InChI=1S/C17H26N2O.ClH/c1-13(2)16(15-7-5-4-6-8-15)11-17(20)19-10-9-18-14(3)12-19;/h4-8,13-14,16,18H,9-12H2,1-3H3;1H. The number of halogens is 1. The minimum absolute atomic E-state index is 0. The van der Waals surface area contributed by atoms with Gasteiger partial charge < -0.3 is 10.2 Å². The number of carbonyl (C=O) groups is 1. The van der Waals surface area contributed by atoms with Crippen LogP contribution in [0.1, 0.15) is 38.7 Å². The lowest BCUT2D eigenvalue weighted by Gasteiger charge is -2.33. The van der Waals surface area contributed by atoms with Gasteiger partial charge >= 0.3 is 0 Å². The highest BCUT2D eigenvalue weighted by atomic mass is 35.5. The van der Waals surface area contributed by atoms with Crippen molar-refractivity contribution in [2.45, 2.75) is 39.2 Å². The maximum Gasteiger partial charge on any atom is 0.223 e. The summed E-state index contributed by atoms with van der Waals surface area (Å²) in [6.07, 6.45) is 0.619. The first-order chi connectivity index (χ1) is 9.58. The van der Waals surface area contributed by atoms with Crippen LogP contribution in [-0.2, 0) is 4.79 Å². The molecule has 1 aliphatic heterocycles. The Balaban J connectivity index is 0.00000220. The van der Waals surface area contributed by atoms with Gasteiger partial charge in [-0.2, -0.15) is 0 Å². The Hall–Kier alpha value is -1.06. The molecule has 1 saturated heterocycles. The van der Waals surface area contributed by atoms with Crippen molar-refractivity contribution in [1.82, 2.24) is 10.2 Å². The fraction of sp³-hybridized carbons (Fsp3) is 0.588. The summed E-state index contributed by atoms with van der Waals surface area (Å²) >= 11 is 0. The van der Waals surface area contributed by atoms with Gasteiger partial charge in [-0.25, -0.2) is 0 Å². The molecular weight excluding hydrogens is 284 g/mol. The highest BCUT2D eigenvalue weighted by Crippen LogP contribution is 2.28. The number of hydrogen-bond donors (Lipinski definition) is 1. The number of rotatable bonds is 4. The van der Waals surface area contributed by atoms with E-state index in [4.69, 9.17) is 0 Å². The molecule has 1 aliphatic rings. The predicted octanol–water partition coefficient (Wildman–Crippen LogP) is 3.06. The van der Waals surface area contributed by atoms with E-state index in [0.29, 0.717) is 30.2 Å². The SMILES string of the molecule is CC1CN(C(=O)CC(c2ccccc2)C(C)C)CCN1.Cl. The first-order valence-electron chi connectivity index (χ1n) is 7.64. The first kappa shape index (κ1) is 18.0. The van der Waals surface area contributed by atoms with E-state index < -0.39 is 0 Å². The van der Waals surface area contributed by atoms with Crippen LogP contribution in [0.2, 0.25) is 0 Å². The molecule has 118 valence electrons. The number of nitrogens with one attached hydrogen (secondary N) is 1. The summed E-state index contributed by atoms with van der Waals surface area (Å²) < 4.78 is 0. The molecule has 0 radical (unpaired) electrons. The van der Waals surface area contributed by atoms with Crippen LogP contribution in [0.4, 0.5) is 0 Å². The lowest BCUT2D eigenvalue weighted by Crippen LogP contribution is -2.51. The summed E-state index contributed by atoms with van der Waals surface area (Å²) in [4.78, 5) is 14.5. The second-order valence-corrected chi connectivity index (χ2v) is 6.16. The van der Waals surface area contributed by atoms with Gasteiger partial charge in [-0.1, -0.05) is 44.2 Å². The minimum Gasteiger partial charge on any atom is -0.340 e. The third-order valence-corrected chi connectivity index (χ3v) is 4.15. The number of piperazine rings is 1. The summed E-state index contributed by atoms with van der Waals surface area (Å²) in [5.74, 6) is 1.08. The monoisotopic (exact) mass is 310 g/mol. The third kappa shape index (κ3) is 5.01. The Labute approximate surface area is 134 Å². The Kier molecular flexibility index (Phi) is 7.20. The van der Waals surface area contributed by atoms with E-state index >= 15 is 0 Å². The molecule has 0 saturated carbocycles. The molecule has 1 N–H and O–H groups in total. The first-order valence-corrected chi connectivity index (χ1v) is 7.64. The normalized spacial score (nSPS) is 20.0. The van der Waals surface area contributed by atoms with E-state index in [0.717, 1.165) is 19.6 Å². The predicted molar refractivity (Wildman–Crippen MR) is 89.9 cm³/mol. The van der Waals surface area contributed by atoms with Crippen molar-refractivity contribution in [1.29, 1.82) is 0 Å². The lowest BCUT2D eigenvalue weighted by atomic mass is 9.85. The van der Waals surface area contributed by atoms with E-state index in [9.17, 15) is 4.79 Å². The molecule has 1 aromatic rings. The Bertz CT molecular complexity index is 436. The Morgan fingerprint density at radius 2 is 2.00 bits per heavy atom. The number of nitrogens with zero attached hydrogens (tertiary/aromatic N) is 1. The number of carbonyl (C=O) groups excluding carboxylic acids is 1. The summed E-state index contributed by atoms with van der Waals surface area (Å²) in [7, 11) is 0. The van der Waals surface area contributed by atoms with Crippen LogP contribution in [0, 0.1) is 5.92 Å². The third-order valence-electron chi connectivity index (χ3n) is 4.15. The van der Waals surface area contributed by atoms with Crippen LogP contribution in [-0.4, -0.2) is 36.5 Å². The molecule has 1 amide bonds. The van der Waals surface area contributed by atoms with Crippen LogP contribution in [0.25, 0.3) is 0 Å². The lowest BCUT2D eigenvalue weighted by molar-refractivity contribution is -0.133. The fourth-order valence-corrected chi connectivity index (χ4v) is 2.91. The topological polar surface area (TPSA) is 32.3 Å². The molecule has 0 bridgehead atoms. The molecule has 0 aliphatic carbocycles. The summed E-state index contributed by atoms with van der Waals surface area (Å²) in [5.41, 5.74) is 1.28. The maximum atomic E-state index is 12.5. The van der Waals surface area contributed by atoms with Crippen LogP contribution in [0.3, 0.4) is 0 Å². The highest BCUT2D eigenvalue weighted by molar-refractivity contribution is 5.85. The molecule has 0 spiro atoms. The van der Waals surface area contributed by atoms with E-state index in [2.05, 4.69) is 50.4 Å². The van der Waals surface area contributed by atoms with E-state index in [1.165, 1.54) is 5.56 Å². The largest absolute Gasteiger partial charge is 0.340 e. The second-order valence-electron chi connectivity index (χ2n) is 6.16. The number of benzene rings is 1. The zero-order chi connectivity index (χ0) is 14.5. The highest BCUT2D eigenvalue weighted by Gasteiger charge is 2.25.